The van der Waals surface area contributed by atoms with Crippen LogP contribution in [0.5, 0.6) is 0 Å². The maximum atomic E-state index is 13.1. The highest BCUT2D eigenvalue weighted by Gasteiger charge is 2.23. The number of carbonyl (C=O) groups is 1. The molecule has 0 aliphatic rings. The lowest BCUT2D eigenvalue weighted by atomic mass is 10.1. The van der Waals surface area contributed by atoms with Crippen molar-refractivity contribution in [3.63, 3.8) is 0 Å². The number of esters is 1. The Bertz CT molecular complexity index is 401. The summed E-state index contributed by atoms with van der Waals surface area (Å²) in [5, 5.41) is 0. The minimum absolute atomic E-state index is 0. The van der Waals surface area contributed by atoms with Crippen LogP contribution < -0.4 is 5.73 Å². The third-order valence-corrected chi connectivity index (χ3v) is 1.86. The molecular weight excluding hydrogens is 247 g/mol. The lowest BCUT2D eigenvalue weighted by Crippen LogP contribution is -2.24. The summed E-state index contributed by atoms with van der Waals surface area (Å²) in [6.07, 6.45) is 0. The molecule has 0 bridgehead atoms. The molecule has 1 atom stereocenters. The minimum atomic E-state index is -1.66. The average molecular weight is 256 g/mol. The van der Waals surface area contributed by atoms with E-state index in [1.54, 1.807) is 0 Å². The molecule has 1 aromatic rings. The molecule has 2 N–H and O–H groups in total. The summed E-state index contributed by atoms with van der Waals surface area (Å²) in [5.41, 5.74) is 4.82. The van der Waals surface area contributed by atoms with Gasteiger partial charge in [0.2, 0.25) is 0 Å². The summed E-state index contributed by atoms with van der Waals surface area (Å²) in [5.74, 6) is -5.41. The molecule has 1 aromatic carbocycles. The predicted molar refractivity (Wildman–Crippen MR) is 52.5 cm³/mol. The first-order valence-electron chi connectivity index (χ1n) is 3.95. The Morgan fingerprint density at radius 2 is 1.88 bits per heavy atom. The smallest absolute Gasteiger partial charge is 0.327 e. The van der Waals surface area contributed by atoms with Crippen LogP contribution in [0, 0.1) is 17.5 Å². The first-order valence-corrected chi connectivity index (χ1v) is 3.95. The van der Waals surface area contributed by atoms with Crippen molar-refractivity contribution in [3.8, 4) is 0 Å². The Balaban J connectivity index is 0.00000225. The van der Waals surface area contributed by atoms with Crippen LogP contribution >= 0.6 is 12.4 Å². The van der Waals surface area contributed by atoms with Crippen LogP contribution in [0.4, 0.5) is 13.2 Å². The second kappa shape index (κ2) is 5.72. The predicted octanol–water partition coefficient (Wildman–Crippen LogP) is 1.70. The first kappa shape index (κ1) is 14.7. The van der Waals surface area contributed by atoms with Crippen molar-refractivity contribution in [3.05, 3.63) is 35.1 Å². The number of nitrogens with two attached hydrogens (primary N) is 1. The van der Waals surface area contributed by atoms with E-state index in [0.717, 1.165) is 13.2 Å². The van der Waals surface area contributed by atoms with Gasteiger partial charge in [-0.15, -0.1) is 12.4 Å². The maximum Gasteiger partial charge on any atom is 0.327 e. The van der Waals surface area contributed by atoms with Crippen molar-refractivity contribution in [2.24, 2.45) is 5.73 Å². The molecule has 16 heavy (non-hydrogen) atoms. The highest BCUT2D eigenvalue weighted by molar-refractivity contribution is 5.85. The number of carbonyl (C=O) groups excluding carboxylic acids is 1. The van der Waals surface area contributed by atoms with E-state index in [4.69, 9.17) is 5.73 Å². The molecule has 0 radical (unpaired) electrons. The highest BCUT2D eigenvalue weighted by Crippen LogP contribution is 2.20. The monoisotopic (exact) mass is 255 g/mol. The number of benzene rings is 1. The summed E-state index contributed by atoms with van der Waals surface area (Å²) >= 11 is 0. The molecule has 7 heteroatoms. The van der Waals surface area contributed by atoms with E-state index in [-0.39, 0.29) is 12.4 Å². The van der Waals surface area contributed by atoms with Gasteiger partial charge in [-0.05, 0) is 6.07 Å². The topological polar surface area (TPSA) is 52.3 Å². The van der Waals surface area contributed by atoms with E-state index < -0.39 is 35.0 Å². The van der Waals surface area contributed by atoms with Crippen LogP contribution in [0.15, 0.2) is 12.1 Å². The van der Waals surface area contributed by atoms with E-state index in [0.29, 0.717) is 6.07 Å². The molecule has 90 valence electrons. The quantitative estimate of drug-likeness (QED) is 0.646. The molecule has 1 rings (SSSR count). The molecular formula is C9H9ClF3NO2. The fraction of sp³-hybridized carbons (Fsp3) is 0.222. The van der Waals surface area contributed by atoms with Crippen LogP contribution in [-0.2, 0) is 9.53 Å². The lowest BCUT2D eigenvalue weighted by molar-refractivity contribution is -0.142. The van der Waals surface area contributed by atoms with Crippen molar-refractivity contribution in [2.75, 3.05) is 7.11 Å². The van der Waals surface area contributed by atoms with Gasteiger partial charge < -0.3 is 10.5 Å². The molecule has 0 amide bonds. The van der Waals surface area contributed by atoms with Gasteiger partial charge in [-0.2, -0.15) is 0 Å². The largest absolute Gasteiger partial charge is 0.468 e. The second-order valence-electron chi connectivity index (χ2n) is 2.77. The Morgan fingerprint density at radius 3 is 2.38 bits per heavy atom. The number of hydrogen-bond donors (Lipinski definition) is 1. The van der Waals surface area contributed by atoms with Gasteiger partial charge in [-0.25, -0.2) is 13.2 Å². The fourth-order valence-corrected chi connectivity index (χ4v) is 1.03. The van der Waals surface area contributed by atoms with Crippen molar-refractivity contribution in [1.29, 1.82) is 0 Å². The Morgan fingerprint density at radius 1 is 1.31 bits per heavy atom. The van der Waals surface area contributed by atoms with Gasteiger partial charge in [0.25, 0.3) is 0 Å². The van der Waals surface area contributed by atoms with E-state index in [1.807, 2.05) is 0 Å². The molecule has 0 saturated heterocycles. The molecule has 0 aliphatic carbocycles. The standard InChI is InChI=1S/C9H8F3NO2.ClH/c1-15-9(14)8(13)4-2-3-5(10)7(12)6(4)11;/h2-3,8H,13H2,1H3;1H/t8-;/m0./s1. The maximum absolute atomic E-state index is 13.1. The van der Waals surface area contributed by atoms with Crippen molar-refractivity contribution >= 4 is 18.4 Å². The lowest BCUT2D eigenvalue weighted by Gasteiger charge is -2.10. The van der Waals surface area contributed by atoms with Gasteiger partial charge in [0.05, 0.1) is 7.11 Å². The highest BCUT2D eigenvalue weighted by atomic mass is 35.5. The van der Waals surface area contributed by atoms with Crippen LogP contribution in [0.1, 0.15) is 11.6 Å². The van der Waals surface area contributed by atoms with E-state index in [9.17, 15) is 18.0 Å². The van der Waals surface area contributed by atoms with Crippen molar-refractivity contribution in [1.82, 2.24) is 0 Å². The molecule has 0 aromatic heterocycles. The van der Waals surface area contributed by atoms with Gasteiger partial charge in [0.15, 0.2) is 17.5 Å². The summed E-state index contributed by atoms with van der Waals surface area (Å²) in [6, 6.07) is 0.122. The molecule has 3 nitrogen and oxygen atoms in total. The zero-order valence-electron chi connectivity index (χ0n) is 8.17. The second-order valence-corrected chi connectivity index (χ2v) is 2.77. The van der Waals surface area contributed by atoms with Gasteiger partial charge in [-0.1, -0.05) is 6.07 Å². The van der Waals surface area contributed by atoms with Gasteiger partial charge in [-0.3, -0.25) is 4.79 Å². The zero-order valence-corrected chi connectivity index (χ0v) is 8.98. The Labute approximate surface area is 95.8 Å². The van der Waals surface area contributed by atoms with Crippen LogP contribution in [0.2, 0.25) is 0 Å². The number of ether oxygens (including phenoxy) is 1. The fourth-order valence-electron chi connectivity index (χ4n) is 1.03. The SMILES string of the molecule is COC(=O)[C@@H](N)c1ccc(F)c(F)c1F.Cl. The third-order valence-electron chi connectivity index (χ3n) is 1.86. The number of methoxy groups -OCH3 is 1. The van der Waals surface area contributed by atoms with E-state index >= 15 is 0 Å². The van der Waals surface area contributed by atoms with Crippen LogP contribution in [-0.4, -0.2) is 13.1 Å². The molecule has 0 spiro atoms. The van der Waals surface area contributed by atoms with Crippen LogP contribution in [0.25, 0.3) is 0 Å². The number of halogens is 4. The number of rotatable bonds is 2. The summed E-state index contributed by atoms with van der Waals surface area (Å²) in [4.78, 5) is 10.9. The Hall–Kier alpha value is -1.27. The summed E-state index contributed by atoms with van der Waals surface area (Å²) < 4.78 is 42.6. The first-order chi connectivity index (χ1) is 6.99. The Kier molecular flexibility index (Phi) is 5.26. The van der Waals surface area contributed by atoms with Gasteiger partial charge in [0, 0.05) is 5.56 Å². The number of hydrogen-bond acceptors (Lipinski definition) is 3. The molecule has 0 unspecified atom stereocenters. The molecule has 0 fully saturated rings. The molecule has 0 aliphatic heterocycles. The van der Waals surface area contributed by atoms with Crippen LogP contribution in [0.3, 0.4) is 0 Å². The summed E-state index contributed by atoms with van der Waals surface area (Å²) in [6.45, 7) is 0. The van der Waals surface area contributed by atoms with E-state index in [2.05, 4.69) is 4.74 Å². The van der Waals surface area contributed by atoms with Crippen molar-refractivity contribution < 1.29 is 22.7 Å². The average Bonchev–Trinajstić information content (AvgIpc) is 2.24. The third kappa shape index (κ3) is 2.65. The normalized spacial score (nSPS) is 11.6. The molecule has 0 saturated carbocycles. The van der Waals surface area contributed by atoms with Gasteiger partial charge >= 0.3 is 5.97 Å². The zero-order chi connectivity index (χ0) is 11.6. The minimum Gasteiger partial charge on any atom is -0.468 e. The van der Waals surface area contributed by atoms with Crippen molar-refractivity contribution in [2.45, 2.75) is 6.04 Å². The van der Waals surface area contributed by atoms with E-state index in [1.165, 1.54) is 0 Å². The van der Waals surface area contributed by atoms with Gasteiger partial charge in [0.1, 0.15) is 6.04 Å². The summed E-state index contributed by atoms with van der Waals surface area (Å²) in [7, 11) is 1.06. The molecule has 0 heterocycles.